The maximum absolute atomic E-state index is 10.1. The number of fused-ring (bicyclic) bond motifs is 3. The van der Waals surface area contributed by atoms with Crippen LogP contribution in [0.5, 0.6) is 5.75 Å². The average Bonchev–Trinajstić information content (AvgIpc) is 2.80. The maximum atomic E-state index is 10.1. The summed E-state index contributed by atoms with van der Waals surface area (Å²) in [5.74, 6) is -0.180. The first-order valence-electron chi connectivity index (χ1n) is 8.89. The Morgan fingerprint density at radius 1 is 0.935 bits per heavy atom. The standard InChI is InChI=1S/C18H10NO.C6H5NO2.Ir.Y/c1-2-6-13(7-3-1)14-8-4-9-15-16(14)12-20-17-10-5-11-19-18(15)17;8-6(9)5-3-1-2-4-7-5;;/h1-6,10-11H,12H2;1-4H,(H,8,9);;/q-3;;;. The van der Waals surface area contributed by atoms with Gasteiger partial charge in [0.25, 0.3) is 0 Å². The van der Waals surface area contributed by atoms with Gasteiger partial charge in [-0.15, -0.1) is 6.07 Å². The topological polar surface area (TPSA) is 72.3 Å². The van der Waals surface area contributed by atoms with Crippen LogP contribution in [0.1, 0.15) is 16.1 Å². The predicted molar refractivity (Wildman–Crippen MR) is 107 cm³/mol. The van der Waals surface area contributed by atoms with Crippen LogP contribution < -0.4 is 4.74 Å². The molecule has 0 spiro atoms. The quantitative estimate of drug-likeness (QED) is 0.322. The molecule has 154 valence electrons. The third kappa shape index (κ3) is 5.93. The van der Waals surface area contributed by atoms with E-state index in [9.17, 15) is 4.79 Å². The van der Waals surface area contributed by atoms with E-state index in [4.69, 9.17) is 9.84 Å². The molecule has 2 radical (unpaired) electrons. The molecule has 1 N–H and O–H groups in total. The molecule has 0 saturated heterocycles. The fraction of sp³-hybridized carbons (Fsp3) is 0.0417. The minimum atomic E-state index is -0.990. The molecule has 0 fully saturated rings. The van der Waals surface area contributed by atoms with Crippen LogP contribution in [-0.4, -0.2) is 21.0 Å². The first-order valence-corrected chi connectivity index (χ1v) is 8.89. The van der Waals surface area contributed by atoms with Crippen molar-refractivity contribution in [3.8, 4) is 28.1 Å². The number of carboxylic acid groups (broad SMARTS) is 1. The van der Waals surface area contributed by atoms with Gasteiger partial charge in [0.2, 0.25) is 0 Å². The molecule has 0 bridgehead atoms. The molecule has 0 atom stereocenters. The van der Waals surface area contributed by atoms with Crippen LogP contribution in [0.3, 0.4) is 0 Å². The number of aromatic nitrogens is 2. The zero-order chi connectivity index (χ0) is 20.1. The second-order valence-electron chi connectivity index (χ2n) is 6.10. The number of nitrogens with zero attached hydrogens (tertiary/aromatic N) is 2. The third-order valence-electron chi connectivity index (χ3n) is 4.28. The molecule has 2 aromatic carbocycles. The minimum Gasteiger partial charge on any atom is -0.505 e. The number of ether oxygens (including phenoxy) is 1. The van der Waals surface area contributed by atoms with Crippen LogP contribution in [0.2, 0.25) is 0 Å². The van der Waals surface area contributed by atoms with Gasteiger partial charge >= 0.3 is 5.97 Å². The minimum absolute atomic E-state index is 0. The summed E-state index contributed by atoms with van der Waals surface area (Å²) in [7, 11) is 0. The van der Waals surface area contributed by atoms with Gasteiger partial charge in [-0.2, -0.15) is 17.7 Å². The fourth-order valence-electron chi connectivity index (χ4n) is 2.96. The van der Waals surface area contributed by atoms with Gasteiger partial charge in [0.1, 0.15) is 11.4 Å². The second kappa shape index (κ2) is 12.0. The van der Waals surface area contributed by atoms with Crippen LogP contribution >= 0.6 is 0 Å². The van der Waals surface area contributed by atoms with Crippen LogP contribution in [-0.2, 0) is 59.4 Å². The summed E-state index contributed by atoms with van der Waals surface area (Å²) in [6.45, 7) is 0.514. The molecule has 0 amide bonds. The summed E-state index contributed by atoms with van der Waals surface area (Å²) in [5, 5.41) is 8.32. The SMILES string of the molecule is O=C(O)c1ccccn1.[Ir].[Y].[c-]1ccccc1-c1[c-]c[c-]c2c1COc1cccnc1-2. The molecular weight excluding hydrogens is 645 g/mol. The molecule has 5 rings (SSSR count). The van der Waals surface area contributed by atoms with Crippen molar-refractivity contribution in [3.63, 3.8) is 0 Å². The van der Waals surface area contributed by atoms with Crippen LogP contribution in [0.15, 0.2) is 73.1 Å². The second-order valence-corrected chi connectivity index (χ2v) is 6.10. The molecule has 31 heavy (non-hydrogen) atoms. The van der Waals surface area contributed by atoms with Crippen molar-refractivity contribution in [1.82, 2.24) is 9.97 Å². The van der Waals surface area contributed by atoms with Crippen molar-refractivity contribution >= 4 is 5.97 Å². The van der Waals surface area contributed by atoms with Crippen LogP contribution in [0, 0.1) is 18.2 Å². The Hall–Kier alpha value is -2.24. The van der Waals surface area contributed by atoms with E-state index in [0.29, 0.717) is 6.61 Å². The number of rotatable bonds is 2. The van der Waals surface area contributed by atoms with Crippen molar-refractivity contribution in [1.29, 1.82) is 0 Å². The van der Waals surface area contributed by atoms with Gasteiger partial charge in [-0.1, -0.05) is 6.07 Å². The van der Waals surface area contributed by atoms with Crippen molar-refractivity contribution in [2.45, 2.75) is 6.61 Å². The van der Waals surface area contributed by atoms with E-state index < -0.39 is 5.97 Å². The van der Waals surface area contributed by atoms with Crippen molar-refractivity contribution in [3.05, 3.63) is 103 Å². The van der Waals surface area contributed by atoms with E-state index in [1.165, 1.54) is 12.3 Å². The molecule has 5 nitrogen and oxygen atoms in total. The maximum Gasteiger partial charge on any atom is 0.354 e. The number of benzene rings is 2. The Morgan fingerprint density at radius 3 is 2.39 bits per heavy atom. The summed E-state index contributed by atoms with van der Waals surface area (Å²) < 4.78 is 5.80. The van der Waals surface area contributed by atoms with Gasteiger partial charge in [0.05, 0.1) is 5.69 Å². The molecular formula is C24H15IrN2O3Y-3. The molecule has 2 aromatic heterocycles. The van der Waals surface area contributed by atoms with E-state index in [1.54, 1.807) is 18.3 Å². The molecule has 3 heterocycles. The molecule has 0 saturated carbocycles. The summed E-state index contributed by atoms with van der Waals surface area (Å²) in [4.78, 5) is 18.1. The number of hydrogen-bond donors (Lipinski definition) is 1. The van der Waals surface area contributed by atoms with E-state index in [2.05, 4.69) is 28.2 Å². The van der Waals surface area contributed by atoms with Gasteiger partial charge < -0.3 is 27.0 Å². The van der Waals surface area contributed by atoms with Gasteiger partial charge in [-0.05, 0) is 24.3 Å². The number of carboxylic acids is 1. The average molecular weight is 661 g/mol. The Labute approximate surface area is 219 Å². The van der Waals surface area contributed by atoms with E-state index in [-0.39, 0.29) is 58.5 Å². The van der Waals surface area contributed by atoms with E-state index in [1.807, 2.05) is 42.5 Å². The van der Waals surface area contributed by atoms with Gasteiger partial charge in [0, 0.05) is 71.8 Å². The molecule has 0 unspecified atom stereocenters. The first-order chi connectivity index (χ1) is 14.2. The van der Waals surface area contributed by atoms with Gasteiger partial charge in [-0.25, -0.2) is 27.5 Å². The molecule has 1 aliphatic rings. The largest absolute Gasteiger partial charge is 0.505 e. The van der Waals surface area contributed by atoms with E-state index >= 15 is 0 Å². The monoisotopic (exact) mass is 661 g/mol. The smallest absolute Gasteiger partial charge is 0.354 e. The van der Waals surface area contributed by atoms with Crippen molar-refractivity contribution in [2.24, 2.45) is 0 Å². The molecule has 4 aromatic rings. The summed E-state index contributed by atoms with van der Waals surface area (Å²) in [6.07, 6.45) is 3.22. The van der Waals surface area contributed by atoms with Crippen LogP contribution in [0.25, 0.3) is 22.4 Å². The van der Waals surface area contributed by atoms with Crippen LogP contribution in [0.4, 0.5) is 0 Å². The summed E-state index contributed by atoms with van der Waals surface area (Å²) in [6, 6.07) is 28.0. The number of carbonyl (C=O) groups is 1. The number of pyridine rings is 2. The number of hydrogen-bond acceptors (Lipinski definition) is 4. The van der Waals surface area contributed by atoms with E-state index in [0.717, 1.165) is 33.7 Å². The molecule has 7 heteroatoms. The number of aromatic carboxylic acids is 1. The Balaban J connectivity index is 0.000000267. The normalized spacial score (nSPS) is 10.5. The fourth-order valence-corrected chi connectivity index (χ4v) is 2.96. The Kier molecular flexibility index (Phi) is 9.66. The predicted octanol–water partition coefficient (Wildman–Crippen LogP) is 4.48. The Bertz CT molecular complexity index is 1130. The third-order valence-corrected chi connectivity index (χ3v) is 4.28. The van der Waals surface area contributed by atoms with Crippen molar-refractivity contribution < 1.29 is 67.5 Å². The zero-order valence-corrected chi connectivity index (χ0v) is 21.4. The molecule has 1 aliphatic heterocycles. The Morgan fingerprint density at radius 2 is 1.71 bits per heavy atom. The van der Waals surface area contributed by atoms with Gasteiger partial charge in [0.15, 0.2) is 0 Å². The summed E-state index contributed by atoms with van der Waals surface area (Å²) in [5.41, 5.74) is 5.02. The first kappa shape index (κ1) is 25.0. The summed E-state index contributed by atoms with van der Waals surface area (Å²) >= 11 is 0. The molecule has 0 aliphatic carbocycles. The zero-order valence-electron chi connectivity index (χ0n) is 16.2. The van der Waals surface area contributed by atoms with Gasteiger partial charge in [-0.3, -0.25) is 17.1 Å². The van der Waals surface area contributed by atoms with Crippen molar-refractivity contribution in [2.75, 3.05) is 0 Å².